The van der Waals surface area contributed by atoms with Crippen LogP contribution in [0.1, 0.15) is 12.8 Å². The zero-order valence-electron chi connectivity index (χ0n) is 22.0. The number of hydrogen-bond acceptors (Lipinski definition) is 2. The largest absolute Gasteiger partial charge is 0.309 e. The van der Waals surface area contributed by atoms with Gasteiger partial charge in [0.25, 0.3) is 0 Å². The van der Waals surface area contributed by atoms with E-state index in [1.165, 1.54) is 0 Å². The number of benzene rings is 4. The van der Waals surface area contributed by atoms with Gasteiger partial charge in [-0.15, -0.1) is 24.8 Å². The number of hydrogen-bond donors (Lipinski definition) is 0. The highest BCUT2D eigenvalue weighted by Crippen LogP contribution is 2.55. The first-order valence-electron chi connectivity index (χ1n) is 12.8. The Balaban J connectivity index is 0.000000210. The smallest absolute Gasteiger partial charge is 0.167 e. The molecule has 204 valence electrons. The van der Waals surface area contributed by atoms with Gasteiger partial charge in [0.2, 0.25) is 0 Å². The van der Waals surface area contributed by atoms with E-state index >= 15 is 0 Å². The zero-order valence-corrected chi connectivity index (χ0v) is 25.4. The maximum atomic E-state index is 13.7. The van der Waals surface area contributed by atoms with Gasteiger partial charge >= 0.3 is 0 Å². The van der Waals surface area contributed by atoms with Gasteiger partial charge in [-0.05, 0) is 12.8 Å². The van der Waals surface area contributed by atoms with Crippen LogP contribution in [0.2, 0.25) is 0 Å². The molecule has 0 spiro atoms. The lowest BCUT2D eigenvalue weighted by atomic mass is 10.4. The summed E-state index contributed by atoms with van der Waals surface area (Å²) in [6.45, 7) is 0. The van der Waals surface area contributed by atoms with Gasteiger partial charge in [0.1, 0.15) is 0 Å². The molecule has 4 aromatic rings. The Hall–Kier alpha value is -3.12. The van der Waals surface area contributed by atoms with E-state index in [0.29, 0.717) is 0 Å². The highest BCUT2D eigenvalue weighted by atomic mass is 35.5. The van der Waals surface area contributed by atoms with E-state index < -0.39 is 14.3 Å². The minimum Gasteiger partial charge on any atom is -0.309 e. The van der Waals surface area contributed by atoms with Crippen molar-refractivity contribution in [1.82, 2.24) is 0 Å². The molecule has 6 heteroatoms. The average Bonchev–Trinajstić information content (AvgIpc) is 3.75. The molecule has 0 saturated heterocycles. The molecule has 0 N–H and O–H groups in total. The number of allylic oxidation sites excluding steroid dienone is 8. The van der Waals surface area contributed by atoms with Crippen molar-refractivity contribution in [2.24, 2.45) is 0 Å². The number of rotatable bonds is 6. The molecule has 2 nitrogen and oxygen atoms in total. The maximum absolute atomic E-state index is 13.7. The van der Waals surface area contributed by atoms with Gasteiger partial charge in [0, 0.05) is 31.8 Å². The Labute approximate surface area is 249 Å². The summed E-state index contributed by atoms with van der Waals surface area (Å²) in [4.78, 5) is 0. The van der Waals surface area contributed by atoms with Crippen LogP contribution >= 0.6 is 39.1 Å². The summed E-state index contributed by atoms with van der Waals surface area (Å²) in [5, 5.41) is 5.69. The first-order chi connectivity index (χ1) is 18.6. The van der Waals surface area contributed by atoms with Gasteiger partial charge < -0.3 is 9.13 Å². The maximum Gasteiger partial charge on any atom is 0.167 e. The molecule has 0 amide bonds. The summed E-state index contributed by atoms with van der Waals surface area (Å²) in [6.07, 6.45) is 13.7. The summed E-state index contributed by atoms with van der Waals surface area (Å²) in [5.41, 5.74) is 0. The third kappa shape index (κ3) is 6.43. The monoisotopic (exact) mass is 604 g/mol. The number of halogens is 2. The summed E-state index contributed by atoms with van der Waals surface area (Å²) < 4.78 is 27.4. The van der Waals surface area contributed by atoms with Crippen LogP contribution in [0.5, 0.6) is 0 Å². The van der Waals surface area contributed by atoms with Crippen LogP contribution in [0.3, 0.4) is 0 Å². The molecule has 0 aromatic heterocycles. The molecule has 0 saturated carbocycles. The minimum absolute atomic E-state index is 0. The van der Waals surface area contributed by atoms with Gasteiger partial charge in [-0.3, -0.25) is 0 Å². The van der Waals surface area contributed by atoms with Crippen LogP contribution in [-0.2, 0) is 9.13 Å². The summed E-state index contributed by atoms with van der Waals surface area (Å²) >= 11 is 0. The van der Waals surface area contributed by atoms with Gasteiger partial charge in [-0.25, -0.2) is 0 Å². The van der Waals surface area contributed by atoms with E-state index in [9.17, 15) is 9.13 Å². The predicted molar refractivity (Wildman–Crippen MR) is 178 cm³/mol. The lowest BCUT2D eigenvalue weighted by molar-refractivity contribution is 0.589. The van der Waals surface area contributed by atoms with E-state index in [2.05, 4.69) is 12.2 Å². The Kier molecular flexibility index (Phi) is 11.4. The van der Waals surface area contributed by atoms with Gasteiger partial charge in [0.05, 0.1) is 0 Å². The third-order valence-corrected chi connectivity index (χ3v) is 13.2. The van der Waals surface area contributed by atoms with Crippen molar-refractivity contribution in [2.45, 2.75) is 12.8 Å². The van der Waals surface area contributed by atoms with Crippen molar-refractivity contribution in [3.8, 4) is 0 Å². The van der Waals surface area contributed by atoms with Crippen LogP contribution in [-0.4, -0.2) is 0 Å². The zero-order chi connectivity index (χ0) is 26.3. The van der Waals surface area contributed by atoms with E-state index in [0.717, 1.165) is 44.7 Å². The fourth-order valence-electron chi connectivity index (χ4n) is 4.85. The molecule has 6 rings (SSSR count). The molecule has 40 heavy (non-hydrogen) atoms. The second-order valence-corrected chi connectivity index (χ2v) is 14.8. The topological polar surface area (TPSA) is 34.1 Å². The van der Waals surface area contributed by atoms with Crippen LogP contribution in [0.4, 0.5) is 0 Å². The van der Waals surface area contributed by atoms with E-state index in [1.54, 1.807) is 0 Å². The molecule has 0 radical (unpaired) electrons. The summed E-state index contributed by atoms with van der Waals surface area (Å²) in [5.74, 6) is 0. The van der Waals surface area contributed by atoms with Crippen molar-refractivity contribution >= 4 is 60.3 Å². The molecule has 4 aromatic carbocycles. The van der Waals surface area contributed by atoms with E-state index in [-0.39, 0.29) is 24.8 Å². The van der Waals surface area contributed by atoms with Crippen LogP contribution in [0.25, 0.3) is 0 Å². The highest BCUT2D eigenvalue weighted by molar-refractivity contribution is 7.82. The first-order valence-corrected chi connectivity index (χ1v) is 16.2. The summed E-state index contributed by atoms with van der Waals surface area (Å²) in [6, 6.07) is 39.2. The van der Waals surface area contributed by atoms with Crippen LogP contribution < -0.4 is 21.2 Å². The van der Waals surface area contributed by atoms with Crippen LogP contribution in [0.15, 0.2) is 168 Å². The van der Waals surface area contributed by atoms with Crippen LogP contribution in [0, 0.1) is 0 Å². The second-order valence-electron chi connectivity index (χ2n) is 9.14. The van der Waals surface area contributed by atoms with E-state index in [4.69, 9.17) is 0 Å². The Morgan fingerprint density at radius 3 is 0.850 bits per heavy atom. The standard InChI is InChI=1S/2C17H15OP.2ClH/c2*18-19(17-13-7-8-14-17,15-9-3-1-4-10-15)16-11-5-2-6-12-16;;/h2*1-13H,14H2;2*1H. The molecule has 0 bridgehead atoms. The van der Waals surface area contributed by atoms with E-state index in [1.807, 2.05) is 146 Å². The first kappa shape index (κ1) is 31.4. The van der Waals surface area contributed by atoms with Crippen molar-refractivity contribution < 1.29 is 9.13 Å². The molecule has 0 fully saturated rings. The second kappa shape index (κ2) is 14.5. The fraction of sp³-hybridized carbons (Fsp3) is 0.0588. The SMILES string of the molecule is Cl.Cl.O=P(C1=CC=CC1)(c1ccccc1)c1ccccc1.O=P(C1=CC=CC1)(c1ccccc1)c1ccccc1. The normalized spacial score (nSPS) is 13.7. The molecular formula is C34H32Cl2O2P2. The summed E-state index contributed by atoms with van der Waals surface area (Å²) in [7, 11) is -5.35. The van der Waals surface area contributed by atoms with Gasteiger partial charge in [0.15, 0.2) is 14.3 Å². The molecule has 2 aliphatic carbocycles. The predicted octanol–water partition coefficient (Wildman–Crippen LogP) is 8.53. The van der Waals surface area contributed by atoms with Crippen molar-refractivity contribution in [3.63, 3.8) is 0 Å². The average molecular weight is 605 g/mol. The lowest BCUT2D eigenvalue weighted by Crippen LogP contribution is -2.16. The van der Waals surface area contributed by atoms with Crippen molar-refractivity contribution in [1.29, 1.82) is 0 Å². The molecule has 0 aliphatic heterocycles. The van der Waals surface area contributed by atoms with Gasteiger partial charge in [-0.2, -0.15) is 0 Å². The Morgan fingerprint density at radius 2 is 0.650 bits per heavy atom. The molecule has 2 aliphatic rings. The van der Waals surface area contributed by atoms with Crippen molar-refractivity contribution in [3.05, 3.63) is 168 Å². The highest BCUT2D eigenvalue weighted by Gasteiger charge is 2.32. The van der Waals surface area contributed by atoms with Gasteiger partial charge in [-0.1, -0.05) is 158 Å². The Morgan fingerprint density at radius 1 is 0.400 bits per heavy atom. The minimum atomic E-state index is -2.67. The Bertz CT molecular complexity index is 1390. The quantitative estimate of drug-likeness (QED) is 0.207. The molecular weight excluding hydrogens is 573 g/mol. The molecule has 0 heterocycles. The molecule has 0 atom stereocenters. The van der Waals surface area contributed by atoms with Crippen molar-refractivity contribution in [2.75, 3.05) is 0 Å². The fourth-order valence-corrected chi connectivity index (χ4v) is 10.5. The molecule has 0 unspecified atom stereocenters. The lowest BCUT2D eigenvalue weighted by Gasteiger charge is -2.20. The third-order valence-electron chi connectivity index (χ3n) is 6.79.